The van der Waals surface area contributed by atoms with Crippen molar-refractivity contribution in [2.45, 2.75) is 19.4 Å². The van der Waals surface area contributed by atoms with Gasteiger partial charge in [0.05, 0.1) is 5.69 Å². The Balaban J connectivity index is 1.88. The summed E-state index contributed by atoms with van der Waals surface area (Å²) in [6.07, 6.45) is 0.0497. The molecule has 0 heterocycles. The average molecular weight is 379 g/mol. The smallest absolute Gasteiger partial charge is 0.251 e. The summed E-state index contributed by atoms with van der Waals surface area (Å²) in [6.45, 7) is 1.72. The van der Waals surface area contributed by atoms with E-state index in [9.17, 15) is 14.0 Å². The zero-order valence-electron chi connectivity index (χ0n) is 12.5. The first-order valence-corrected chi connectivity index (χ1v) is 7.86. The van der Waals surface area contributed by atoms with Crippen molar-refractivity contribution in [3.05, 3.63) is 64.4 Å². The van der Waals surface area contributed by atoms with Gasteiger partial charge in [-0.15, -0.1) is 0 Å². The highest BCUT2D eigenvalue weighted by atomic mass is 79.9. The number of hydrogen-bond acceptors (Lipinski definition) is 2. The molecule has 1 unspecified atom stereocenters. The van der Waals surface area contributed by atoms with E-state index >= 15 is 0 Å². The van der Waals surface area contributed by atoms with Gasteiger partial charge in [0.15, 0.2) is 0 Å². The maximum absolute atomic E-state index is 13.7. The van der Waals surface area contributed by atoms with Gasteiger partial charge >= 0.3 is 0 Å². The number of nitrogens with one attached hydrogen (secondary N) is 2. The molecule has 1 atom stereocenters. The van der Waals surface area contributed by atoms with Crippen LogP contribution in [0, 0.1) is 5.82 Å². The van der Waals surface area contributed by atoms with Crippen molar-refractivity contribution in [2.24, 2.45) is 0 Å². The number of rotatable bonds is 5. The third-order valence-corrected chi connectivity index (χ3v) is 3.60. The molecule has 2 amide bonds. The zero-order valence-corrected chi connectivity index (χ0v) is 14.1. The Labute approximate surface area is 142 Å². The van der Waals surface area contributed by atoms with Gasteiger partial charge < -0.3 is 10.6 Å². The Morgan fingerprint density at radius 1 is 1.17 bits per heavy atom. The van der Waals surface area contributed by atoms with Crippen LogP contribution in [0.3, 0.4) is 0 Å². The maximum atomic E-state index is 13.7. The Hall–Kier alpha value is -2.21. The SMILES string of the molecule is CC(CC(=O)Nc1ccc(Br)cc1F)NC(=O)c1ccccc1. The molecule has 0 aromatic heterocycles. The normalized spacial score (nSPS) is 11.6. The van der Waals surface area contributed by atoms with E-state index in [4.69, 9.17) is 0 Å². The first-order chi connectivity index (χ1) is 11.0. The largest absolute Gasteiger partial charge is 0.349 e. The lowest BCUT2D eigenvalue weighted by atomic mass is 10.1. The Morgan fingerprint density at radius 3 is 2.52 bits per heavy atom. The maximum Gasteiger partial charge on any atom is 0.251 e. The van der Waals surface area contributed by atoms with E-state index in [2.05, 4.69) is 26.6 Å². The number of amides is 2. The second-order valence-corrected chi connectivity index (χ2v) is 6.03. The van der Waals surface area contributed by atoms with Crippen LogP contribution in [-0.2, 0) is 4.79 Å². The zero-order chi connectivity index (χ0) is 16.8. The van der Waals surface area contributed by atoms with E-state index in [1.165, 1.54) is 12.1 Å². The number of anilines is 1. The highest BCUT2D eigenvalue weighted by Crippen LogP contribution is 2.19. The molecule has 0 radical (unpaired) electrons. The van der Waals surface area contributed by atoms with Crippen LogP contribution in [0.25, 0.3) is 0 Å². The molecule has 23 heavy (non-hydrogen) atoms. The molecule has 0 aliphatic carbocycles. The van der Waals surface area contributed by atoms with E-state index in [1.807, 2.05) is 6.07 Å². The van der Waals surface area contributed by atoms with Crippen LogP contribution in [0.2, 0.25) is 0 Å². The second-order valence-electron chi connectivity index (χ2n) is 5.12. The molecule has 2 aromatic carbocycles. The van der Waals surface area contributed by atoms with Gasteiger partial charge in [-0.25, -0.2) is 4.39 Å². The predicted molar refractivity (Wildman–Crippen MR) is 90.7 cm³/mol. The minimum Gasteiger partial charge on any atom is -0.349 e. The van der Waals surface area contributed by atoms with Crippen molar-refractivity contribution in [3.63, 3.8) is 0 Å². The highest BCUT2D eigenvalue weighted by Gasteiger charge is 2.14. The van der Waals surface area contributed by atoms with Gasteiger partial charge in [0.1, 0.15) is 5.82 Å². The van der Waals surface area contributed by atoms with Crippen molar-refractivity contribution in [3.8, 4) is 0 Å². The van der Waals surface area contributed by atoms with Crippen LogP contribution in [0.15, 0.2) is 53.0 Å². The van der Waals surface area contributed by atoms with Gasteiger partial charge in [0.25, 0.3) is 5.91 Å². The Morgan fingerprint density at radius 2 is 1.87 bits per heavy atom. The van der Waals surface area contributed by atoms with Gasteiger partial charge in [-0.1, -0.05) is 34.1 Å². The van der Waals surface area contributed by atoms with Crippen LogP contribution >= 0.6 is 15.9 Å². The molecule has 2 aromatic rings. The number of carbonyl (C=O) groups is 2. The second kappa shape index (κ2) is 7.87. The summed E-state index contributed by atoms with van der Waals surface area (Å²) in [7, 11) is 0. The average Bonchev–Trinajstić information content (AvgIpc) is 2.50. The molecule has 0 saturated carbocycles. The number of halogens is 2. The summed E-state index contributed by atoms with van der Waals surface area (Å²) in [5, 5.41) is 5.23. The summed E-state index contributed by atoms with van der Waals surface area (Å²) in [5.41, 5.74) is 0.637. The number of hydrogen-bond donors (Lipinski definition) is 2. The van der Waals surface area contributed by atoms with Gasteiger partial charge in [-0.2, -0.15) is 0 Å². The summed E-state index contributed by atoms with van der Waals surface area (Å²) in [5.74, 6) is -1.14. The molecule has 6 heteroatoms. The van der Waals surface area contributed by atoms with Gasteiger partial charge in [0, 0.05) is 22.5 Å². The topological polar surface area (TPSA) is 58.2 Å². The van der Waals surface area contributed by atoms with Gasteiger partial charge in [-0.05, 0) is 37.3 Å². The van der Waals surface area contributed by atoms with E-state index in [-0.39, 0.29) is 30.0 Å². The minimum atomic E-state index is -0.520. The third kappa shape index (κ3) is 5.17. The molecule has 0 bridgehead atoms. The third-order valence-electron chi connectivity index (χ3n) is 3.11. The van der Waals surface area contributed by atoms with Crippen LogP contribution < -0.4 is 10.6 Å². The van der Waals surface area contributed by atoms with Crippen LogP contribution in [0.1, 0.15) is 23.7 Å². The fourth-order valence-corrected chi connectivity index (χ4v) is 2.35. The van der Waals surface area contributed by atoms with E-state index in [1.54, 1.807) is 37.3 Å². The van der Waals surface area contributed by atoms with Gasteiger partial charge in [0.2, 0.25) is 5.91 Å². The van der Waals surface area contributed by atoms with Crippen LogP contribution in [0.5, 0.6) is 0 Å². The standard InChI is InChI=1S/C17H16BrFN2O2/c1-11(20-17(23)12-5-3-2-4-6-12)9-16(22)21-15-8-7-13(18)10-14(15)19/h2-8,10-11H,9H2,1H3,(H,20,23)(H,21,22). The number of carbonyl (C=O) groups excluding carboxylic acids is 2. The minimum absolute atomic E-state index is 0.0497. The summed E-state index contributed by atoms with van der Waals surface area (Å²) < 4.78 is 14.3. The molecule has 0 fully saturated rings. The molecular weight excluding hydrogens is 363 g/mol. The van der Waals surface area contributed by atoms with Crippen molar-refractivity contribution in [2.75, 3.05) is 5.32 Å². The van der Waals surface area contributed by atoms with Gasteiger partial charge in [-0.3, -0.25) is 9.59 Å². The molecule has 2 rings (SSSR count). The monoisotopic (exact) mass is 378 g/mol. The number of benzene rings is 2. The molecule has 0 aliphatic rings. The molecule has 4 nitrogen and oxygen atoms in total. The van der Waals surface area contributed by atoms with Crippen molar-refractivity contribution in [1.29, 1.82) is 0 Å². The lowest BCUT2D eigenvalue weighted by Crippen LogP contribution is -2.35. The summed E-state index contributed by atoms with van der Waals surface area (Å²) in [6, 6.07) is 12.8. The van der Waals surface area contributed by atoms with E-state index < -0.39 is 5.82 Å². The lowest BCUT2D eigenvalue weighted by molar-refractivity contribution is -0.116. The van der Waals surface area contributed by atoms with Crippen molar-refractivity contribution < 1.29 is 14.0 Å². The molecular formula is C17H16BrFN2O2. The Kier molecular flexibility index (Phi) is 5.87. The fraction of sp³-hybridized carbons (Fsp3) is 0.176. The quantitative estimate of drug-likeness (QED) is 0.832. The van der Waals surface area contributed by atoms with E-state index in [0.29, 0.717) is 10.0 Å². The highest BCUT2D eigenvalue weighted by molar-refractivity contribution is 9.10. The van der Waals surface area contributed by atoms with Crippen LogP contribution in [0.4, 0.5) is 10.1 Å². The van der Waals surface area contributed by atoms with Crippen molar-refractivity contribution in [1.82, 2.24) is 5.32 Å². The summed E-state index contributed by atoms with van der Waals surface area (Å²) >= 11 is 3.15. The van der Waals surface area contributed by atoms with E-state index in [0.717, 1.165) is 0 Å². The fourth-order valence-electron chi connectivity index (χ4n) is 2.02. The Bertz CT molecular complexity index is 707. The first kappa shape index (κ1) is 17.1. The molecule has 0 spiro atoms. The molecule has 0 aliphatic heterocycles. The molecule has 2 N–H and O–H groups in total. The summed E-state index contributed by atoms with van der Waals surface area (Å²) in [4.78, 5) is 23.9. The van der Waals surface area contributed by atoms with Crippen LogP contribution in [-0.4, -0.2) is 17.9 Å². The lowest BCUT2D eigenvalue weighted by Gasteiger charge is -2.14. The molecule has 0 saturated heterocycles. The first-order valence-electron chi connectivity index (χ1n) is 7.06. The predicted octanol–water partition coefficient (Wildman–Crippen LogP) is 3.74. The molecule has 120 valence electrons. The van der Waals surface area contributed by atoms with Crippen molar-refractivity contribution >= 4 is 33.4 Å².